The van der Waals surface area contributed by atoms with Gasteiger partial charge in [0.1, 0.15) is 6.67 Å². The first-order valence-electron chi connectivity index (χ1n) is 5.62. The van der Waals surface area contributed by atoms with Crippen LogP contribution in [0.4, 0.5) is 5.69 Å². The number of anilines is 1. The standard InChI is InChI=1S/C12H14N4O3.ClH/c1-8(17)14-7-16-6-11(12(18)19-16)9-2-4-10(15-13)5-3-9;/h2-6,15H,7,13H2,1H3,(H,14,17);1H. The molecule has 0 aliphatic heterocycles. The van der Waals surface area contributed by atoms with Gasteiger partial charge in [-0.25, -0.2) is 4.79 Å². The normalized spacial score (nSPS) is 9.70. The van der Waals surface area contributed by atoms with Crippen molar-refractivity contribution in [2.75, 3.05) is 5.43 Å². The van der Waals surface area contributed by atoms with Gasteiger partial charge in [-0.1, -0.05) is 12.1 Å². The van der Waals surface area contributed by atoms with E-state index in [1.54, 1.807) is 30.5 Å². The van der Waals surface area contributed by atoms with Crippen molar-refractivity contribution >= 4 is 24.0 Å². The summed E-state index contributed by atoms with van der Waals surface area (Å²) in [6, 6.07) is 7.01. The van der Waals surface area contributed by atoms with E-state index < -0.39 is 5.63 Å². The van der Waals surface area contributed by atoms with Gasteiger partial charge in [0, 0.05) is 12.6 Å². The Morgan fingerprint density at radius 1 is 1.35 bits per heavy atom. The Morgan fingerprint density at radius 3 is 2.55 bits per heavy atom. The molecule has 2 rings (SSSR count). The summed E-state index contributed by atoms with van der Waals surface area (Å²) in [5.74, 6) is 5.07. The molecule has 0 unspecified atom stereocenters. The number of nitrogen functional groups attached to an aromatic ring is 1. The summed E-state index contributed by atoms with van der Waals surface area (Å²) in [6.45, 7) is 1.51. The Balaban J connectivity index is 0.00000200. The van der Waals surface area contributed by atoms with Crippen molar-refractivity contribution in [2.24, 2.45) is 5.84 Å². The fourth-order valence-corrected chi connectivity index (χ4v) is 1.58. The number of halogens is 1. The van der Waals surface area contributed by atoms with Gasteiger partial charge in [-0.15, -0.1) is 12.4 Å². The van der Waals surface area contributed by atoms with Crippen LogP contribution in [-0.2, 0) is 11.5 Å². The van der Waals surface area contributed by atoms with Crippen LogP contribution in [0.3, 0.4) is 0 Å². The molecular weight excluding hydrogens is 284 g/mol. The van der Waals surface area contributed by atoms with Crippen molar-refractivity contribution in [3.8, 4) is 11.1 Å². The third kappa shape index (κ3) is 3.62. The van der Waals surface area contributed by atoms with Crippen LogP contribution in [0, 0.1) is 0 Å². The summed E-state index contributed by atoms with van der Waals surface area (Å²) >= 11 is 0. The zero-order valence-corrected chi connectivity index (χ0v) is 11.6. The number of nitrogens with zero attached hydrogens (tertiary/aromatic N) is 1. The van der Waals surface area contributed by atoms with Gasteiger partial charge in [0.25, 0.3) is 0 Å². The van der Waals surface area contributed by atoms with E-state index >= 15 is 0 Å². The number of benzene rings is 1. The summed E-state index contributed by atoms with van der Waals surface area (Å²) in [4.78, 5) is 22.5. The summed E-state index contributed by atoms with van der Waals surface area (Å²) in [5.41, 5.74) is 3.93. The second-order valence-corrected chi connectivity index (χ2v) is 3.95. The molecule has 8 heteroatoms. The smallest absolute Gasteiger partial charge is 0.336 e. The van der Waals surface area contributed by atoms with E-state index in [1.165, 1.54) is 11.7 Å². The first-order chi connectivity index (χ1) is 9.10. The van der Waals surface area contributed by atoms with Crippen LogP contribution >= 0.6 is 12.4 Å². The Hall–Kier alpha value is -2.25. The Kier molecular flexibility index (Phi) is 5.36. The minimum Gasteiger partial charge on any atom is -0.336 e. The molecule has 108 valence electrons. The molecule has 0 aliphatic carbocycles. The summed E-state index contributed by atoms with van der Waals surface area (Å²) in [5, 5.41) is 2.54. The lowest BCUT2D eigenvalue weighted by Crippen LogP contribution is -2.22. The zero-order chi connectivity index (χ0) is 13.8. The lowest BCUT2D eigenvalue weighted by atomic mass is 10.1. The van der Waals surface area contributed by atoms with E-state index in [-0.39, 0.29) is 25.0 Å². The molecule has 1 heterocycles. The van der Waals surface area contributed by atoms with E-state index in [9.17, 15) is 9.59 Å². The highest BCUT2D eigenvalue weighted by Crippen LogP contribution is 2.18. The quantitative estimate of drug-likeness (QED) is 0.575. The first kappa shape index (κ1) is 15.8. The maximum absolute atomic E-state index is 11.7. The number of amides is 1. The summed E-state index contributed by atoms with van der Waals surface area (Å²) in [7, 11) is 0. The number of carbonyl (C=O) groups excluding carboxylic acids is 1. The molecule has 1 aromatic heterocycles. The van der Waals surface area contributed by atoms with Crippen molar-refractivity contribution in [3.63, 3.8) is 0 Å². The Labute approximate surface area is 121 Å². The van der Waals surface area contributed by atoms with Crippen LogP contribution in [0.15, 0.2) is 39.8 Å². The molecule has 1 aromatic carbocycles. The van der Waals surface area contributed by atoms with Crippen molar-refractivity contribution in [1.82, 2.24) is 10.1 Å². The minimum atomic E-state index is -0.459. The minimum absolute atomic E-state index is 0. The predicted octanol–water partition coefficient (Wildman–Crippen LogP) is 0.909. The third-order valence-electron chi connectivity index (χ3n) is 2.54. The van der Waals surface area contributed by atoms with Crippen LogP contribution in [0.5, 0.6) is 0 Å². The molecule has 4 N–H and O–H groups in total. The van der Waals surface area contributed by atoms with E-state index in [1.807, 2.05) is 0 Å². The molecule has 0 atom stereocenters. The molecule has 0 saturated carbocycles. The van der Waals surface area contributed by atoms with Crippen LogP contribution in [0.2, 0.25) is 0 Å². The van der Waals surface area contributed by atoms with Crippen molar-refractivity contribution < 1.29 is 9.32 Å². The maximum atomic E-state index is 11.7. The van der Waals surface area contributed by atoms with E-state index in [4.69, 9.17) is 10.4 Å². The molecule has 0 fully saturated rings. The molecule has 1 amide bonds. The van der Waals surface area contributed by atoms with Crippen molar-refractivity contribution in [3.05, 3.63) is 40.9 Å². The zero-order valence-electron chi connectivity index (χ0n) is 10.8. The van der Waals surface area contributed by atoms with Crippen LogP contribution in [0.25, 0.3) is 11.1 Å². The number of nitrogens with one attached hydrogen (secondary N) is 2. The molecular formula is C12H15ClN4O3. The third-order valence-corrected chi connectivity index (χ3v) is 2.54. The van der Waals surface area contributed by atoms with E-state index in [0.29, 0.717) is 11.1 Å². The molecule has 7 nitrogen and oxygen atoms in total. The highest BCUT2D eigenvalue weighted by molar-refractivity contribution is 5.85. The molecule has 2 aromatic rings. The van der Waals surface area contributed by atoms with Crippen LogP contribution < -0.4 is 22.2 Å². The lowest BCUT2D eigenvalue weighted by Gasteiger charge is -2.01. The van der Waals surface area contributed by atoms with Gasteiger partial charge in [-0.3, -0.25) is 10.6 Å². The monoisotopic (exact) mass is 298 g/mol. The number of nitrogens with two attached hydrogens (primary N) is 1. The Bertz CT molecular complexity index is 633. The highest BCUT2D eigenvalue weighted by Gasteiger charge is 2.09. The van der Waals surface area contributed by atoms with Crippen molar-refractivity contribution in [1.29, 1.82) is 0 Å². The fraction of sp³-hybridized carbons (Fsp3) is 0.167. The van der Waals surface area contributed by atoms with Gasteiger partial charge in [0.2, 0.25) is 5.91 Å². The number of rotatable bonds is 4. The molecule has 0 bridgehead atoms. The molecule has 0 spiro atoms. The Morgan fingerprint density at radius 2 is 2.00 bits per heavy atom. The molecule has 0 saturated heterocycles. The van der Waals surface area contributed by atoms with E-state index in [2.05, 4.69) is 10.7 Å². The molecule has 20 heavy (non-hydrogen) atoms. The number of hydrogen-bond acceptors (Lipinski definition) is 5. The van der Waals surface area contributed by atoms with Gasteiger partial charge in [0.05, 0.1) is 11.8 Å². The summed E-state index contributed by atoms with van der Waals surface area (Å²) < 4.78 is 6.25. The number of hydrogen-bond donors (Lipinski definition) is 3. The second-order valence-electron chi connectivity index (χ2n) is 3.95. The topological polar surface area (TPSA) is 102 Å². The van der Waals surface area contributed by atoms with Crippen molar-refractivity contribution in [2.45, 2.75) is 13.6 Å². The van der Waals surface area contributed by atoms with Gasteiger partial charge < -0.3 is 15.3 Å². The lowest BCUT2D eigenvalue weighted by molar-refractivity contribution is -0.119. The first-order valence-corrected chi connectivity index (χ1v) is 5.62. The SMILES string of the molecule is CC(=O)NCn1cc(-c2ccc(NN)cc2)c(=O)o1.Cl. The van der Waals surface area contributed by atoms with E-state index in [0.717, 1.165) is 5.69 Å². The largest absolute Gasteiger partial charge is 0.365 e. The van der Waals surface area contributed by atoms with Crippen LogP contribution in [-0.4, -0.2) is 10.6 Å². The average Bonchev–Trinajstić information content (AvgIpc) is 2.78. The number of carbonyl (C=O) groups is 1. The number of hydrazine groups is 1. The summed E-state index contributed by atoms with van der Waals surface area (Å²) in [6.07, 6.45) is 1.54. The van der Waals surface area contributed by atoms with Gasteiger partial charge in [0.15, 0.2) is 0 Å². The molecule has 0 radical (unpaired) electrons. The highest BCUT2D eigenvalue weighted by atomic mass is 35.5. The van der Waals surface area contributed by atoms with Gasteiger partial charge in [-0.05, 0) is 17.7 Å². The number of aromatic nitrogens is 1. The average molecular weight is 299 g/mol. The molecule has 0 aliphatic rings. The fourth-order valence-electron chi connectivity index (χ4n) is 1.58. The second kappa shape index (κ2) is 6.78. The van der Waals surface area contributed by atoms with Crippen LogP contribution in [0.1, 0.15) is 6.92 Å². The maximum Gasteiger partial charge on any atom is 0.365 e. The predicted molar refractivity (Wildman–Crippen MR) is 77.3 cm³/mol. The van der Waals surface area contributed by atoms with Gasteiger partial charge in [-0.2, -0.15) is 4.74 Å². The van der Waals surface area contributed by atoms with Gasteiger partial charge >= 0.3 is 5.63 Å².